The van der Waals surface area contributed by atoms with Crippen molar-refractivity contribution in [2.45, 2.75) is 38.2 Å². The Hall–Kier alpha value is -1.22. The number of ether oxygens (including phenoxy) is 1. The van der Waals surface area contributed by atoms with Gasteiger partial charge in [-0.15, -0.1) is 0 Å². The maximum Gasteiger partial charge on any atom is 0.137 e. The molecule has 0 aromatic carbocycles. The number of rotatable bonds is 5. The first-order chi connectivity index (χ1) is 7.84. The fourth-order valence-corrected chi connectivity index (χ4v) is 2.01. The van der Waals surface area contributed by atoms with Gasteiger partial charge in [-0.1, -0.05) is 6.07 Å². The summed E-state index contributed by atoms with van der Waals surface area (Å²) in [5.41, 5.74) is 1.000. The maximum atomic E-state index is 11.7. The molecule has 0 amide bonds. The van der Waals surface area contributed by atoms with Crippen LogP contribution >= 0.6 is 0 Å². The highest BCUT2D eigenvalue weighted by Gasteiger charge is 2.16. The van der Waals surface area contributed by atoms with Gasteiger partial charge in [-0.2, -0.15) is 0 Å². The molecule has 2 rings (SSSR count). The zero-order valence-corrected chi connectivity index (χ0v) is 9.39. The predicted octanol–water partition coefficient (Wildman–Crippen LogP) is 2.15. The second-order valence-electron chi connectivity index (χ2n) is 4.25. The molecule has 1 aromatic heterocycles. The van der Waals surface area contributed by atoms with Crippen molar-refractivity contribution < 1.29 is 9.53 Å². The van der Waals surface area contributed by atoms with Crippen LogP contribution in [0.5, 0.6) is 0 Å². The largest absolute Gasteiger partial charge is 0.378 e. The zero-order valence-electron chi connectivity index (χ0n) is 9.39. The molecule has 1 aromatic rings. The first-order valence-corrected chi connectivity index (χ1v) is 5.87. The van der Waals surface area contributed by atoms with E-state index in [0.29, 0.717) is 18.9 Å². The number of ketones is 1. The molecule has 0 saturated carbocycles. The number of aromatic nitrogens is 1. The van der Waals surface area contributed by atoms with Crippen molar-refractivity contribution in [3.8, 4) is 0 Å². The number of carbonyl (C=O) groups excluding carboxylic acids is 1. The van der Waals surface area contributed by atoms with E-state index >= 15 is 0 Å². The van der Waals surface area contributed by atoms with Gasteiger partial charge in [-0.3, -0.25) is 9.78 Å². The number of hydrogen-bond acceptors (Lipinski definition) is 3. The van der Waals surface area contributed by atoms with Crippen LogP contribution < -0.4 is 0 Å². The molecule has 1 saturated heterocycles. The molecule has 0 spiro atoms. The molecule has 0 radical (unpaired) electrons. The second kappa shape index (κ2) is 5.75. The average Bonchev–Trinajstić information content (AvgIpc) is 2.81. The lowest BCUT2D eigenvalue weighted by Gasteiger charge is -2.07. The first kappa shape index (κ1) is 11.3. The molecule has 1 unspecified atom stereocenters. The van der Waals surface area contributed by atoms with Crippen LogP contribution in [0.15, 0.2) is 24.5 Å². The maximum absolute atomic E-state index is 11.7. The first-order valence-electron chi connectivity index (χ1n) is 5.87. The summed E-state index contributed by atoms with van der Waals surface area (Å²) in [6.07, 6.45) is 8.04. The van der Waals surface area contributed by atoms with E-state index in [2.05, 4.69) is 4.98 Å². The van der Waals surface area contributed by atoms with Crippen molar-refractivity contribution >= 4 is 5.78 Å². The Kier molecular flexibility index (Phi) is 4.05. The number of hydrogen-bond donors (Lipinski definition) is 0. The van der Waals surface area contributed by atoms with Crippen LogP contribution in [0.3, 0.4) is 0 Å². The minimum absolute atomic E-state index is 0.281. The van der Waals surface area contributed by atoms with E-state index in [-0.39, 0.29) is 5.78 Å². The molecule has 1 aliphatic rings. The Balaban J connectivity index is 1.72. The van der Waals surface area contributed by atoms with Gasteiger partial charge in [0.15, 0.2) is 0 Å². The highest BCUT2D eigenvalue weighted by Crippen LogP contribution is 2.17. The summed E-state index contributed by atoms with van der Waals surface area (Å²) in [5, 5.41) is 0. The van der Waals surface area contributed by atoms with Gasteiger partial charge >= 0.3 is 0 Å². The van der Waals surface area contributed by atoms with E-state index in [4.69, 9.17) is 4.74 Å². The van der Waals surface area contributed by atoms with Gasteiger partial charge in [0.1, 0.15) is 5.78 Å². The summed E-state index contributed by atoms with van der Waals surface area (Å²) in [6.45, 7) is 0.863. The van der Waals surface area contributed by atoms with Crippen LogP contribution in [0.25, 0.3) is 0 Å². The summed E-state index contributed by atoms with van der Waals surface area (Å²) in [6, 6.07) is 3.81. The summed E-state index contributed by atoms with van der Waals surface area (Å²) in [5.74, 6) is 0.281. The molecule has 2 heterocycles. The van der Waals surface area contributed by atoms with Gasteiger partial charge in [0.2, 0.25) is 0 Å². The monoisotopic (exact) mass is 219 g/mol. The Bertz CT molecular complexity index is 331. The number of Topliss-reactive ketones (excluding diaryl/α,β-unsaturated/α-hetero) is 1. The lowest BCUT2D eigenvalue weighted by atomic mass is 10.0. The van der Waals surface area contributed by atoms with E-state index in [1.54, 1.807) is 12.4 Å². The van der Waals surface area contributed by atoms with Crippen LogP contribution in [0, 0.1) is 0 Å². The molecule has 0 bridgehead atoms. The normalized spacial score (nSPS) is 19.9. The number of pyridine rings is 1. The third-order valence-corrected chi connectivity index (χ3v) is 2.89. The standard InChI is InChI=1S/C13H17NO2/c15-12(5-6-13-4-2-8-16-13)9-11-3-1-7-14-10-11/h1,3,7,10,13H,2,4-6,8-9H2. The SMILES string of the molecule is O=C(CCC1CCCO1)Cc1cccnc1. The van der Waals surface area contributed by atoms with Gasteiger partial charge in [0, 0.05) is 31.8 Å². The van der Waals surface area contributed by atoms with E-state index in [1.807, 2.05) is 12.1 Å². The fourth-order valence-electron chi connectivity index (χ4n) is 2.01. The number of nitrogens with zero attached hydrogens (tertiary/aromatic N) is 1. The van der Waals surface area contributed by atoms with E-state index in [1.165, 1.54) is 0 Å². The van der Waals surface area contributed by atoms with Crippen molar-refractivity contribution in [2.24, 2.45) is 0 Å². The van der Waals surface area contributed by atoms with Crippen molar-refractivity contribution in [3.63, 3.8) is 0 Å². The summed E-state index contributed by atoms with van der Waals surface area (Å²) >= 11 is 0. The Morgan fingerprint density at radius 1 is 1.56 bits per heavy atom. The molecule has 3 nitrogen and oxygen atoms in total. The highest BCUT2D eigenvalue weighted by molar-refractivity contribution is 5.80. The topological polar surface area (TPSA) is 39.2 Å². The van der Waals surface area contributed by atoms with Crippen LogP contribution in [-0.2, 0) is 16.0 Å². The molecule has 0 aliphatic carbocycles. The minimum atomic E-state index is 0.281. The third kappa shape index (κ3) is 3.42. The lowest BCUT2D eigenvalue weighted by molar-refractivity contribution is -0.119. The zero-order chi connectivity index (χ0) is 11.2. The Morgan fingerprint density at radius 2 is 2.50 bits per heavy atom. The second-order valence-corrected chi connectivity index (χ2v) is 4.25. The van der Waals surface area contributed by atoms with Crippen molar-refractivity contribution in [1.29, 1.82) is 0 Å². The van der Waals surface area contributed by atoms with E-state index in [0.717, 1.165) is 31.4 Å². The quantitative estimate of drug-likeness (QED) is 0.761. The summed E-state index contributed by atoms with van der Waals surface area (Å²) in [7, 11) is 0. The molecule has 3 heteroatoms. The lowest BCUT2D eigenvalue weighted by Crippen LogP contribution is -2.10. The third-order valence-electron chi connectivity index (χ3n) is 2.89. The van der Waals surface area contributed by atoms with E-state index < -0.39 is 0 Å². The van der Waals surface area contributed by atoms with E-state index in [9.17, 15) is 4.79 Å². The van der Waals surface area contributed by atoms with Crippen LogP contribution in [0.2, 0.25) is 0 Å². The van der Waals surface area contributed by atoms with Gasteiger partial charge in [-0.05, 0) is 30.9 Å². The van der Waals surface area contributed by atoms with Crippen molar-refractivity contribution in [1.82, 2.24) is 4.98 Å². The fraction of sp³-hybridized carbons (Fsp3) is 0.538. The molecule has 0 N–H and O–H groups in total. The van der Waals surface area contributed by atoms with Gasteiger partial charge in [0.25, 0.3) is 0 Å². The van der Waals surface area contributed by atoms with Crippen LogP contribution in [0.4, 0.5) is 0 Å². The van der Waals surface area contributed by atoms with Crippen LogP contribution in [-0.4, -0.2) is 23.5 Å². The molecule has 1 aliphatic heterocycles. The summed E-state index contributed by atoms with van der Waals surface area (Å²) < 4.78 is 5.49. The molecule has 1 atom stereocenters. The Labute approximate surface area is 95.8 Å². The van der Waals surface area contributed by atoms with Crippen LogP contribution in [0.1, 0.15) is 31.2 Å². The molecule has 86 valence electrons. The van der Waals surface area contributed by atoms with Gasteiger partial charge in [-0.25, -0.2) is 0 Å². The van der Waals surface area contributed by atoms with Gasteiger partial charge < -0.3 is 4.74 Å². The molecular weight excluding hydrogens is 202 g/mol. The Morgan fingerprint density at radius 3 is 3.19 bits per heavy atom. The average molecular weight is 219 g/mol. The summed E-state index contributed by atoms with van der Waals surface area (Å²) in [4.78, 5) is 15.7. The highest BCUT2D eigenvalue weighted by atomic mass is 16.5. The van der Waals surface area contributed by atoms with Crippen molar-refractivity contribution in [3.05, 3.63) is 30.1 Å². The molecular formula is C13H17NO2. The molecule has 1 fully saturated rings. The minimum Gasteiger partial charge on any atom is -0.378 e. The van der Waals surface area contributed by atoms with Crippen molar-refractivity contribution in [2.75, 3.05) is 6.61 Å². The predicted molar refractivity (Wildman–Crippen MR) is 61.2 cm³/mol. The smallest absolute Gasteiger partial charge is 0.137 e. The number of carbonyl (C=O) groups is 1. The van der Waals surface area contributed by atoms with Gasteiger partial charge in [0.05, 0.1) is 6.10 Å². The molecule has 16 heavy (non-hydrogen) atoms.